The lowest BCUT2D eigenvalue weighted by Gasteiger charge is -2.25. The van der Waals surface area contributed by atoms with Gasteiger partial charge in [0.25, 0.3) is 0 Å². The highest BCUT2D eigenvalue weighted by molar-refractivity contribution is 5.97. The highest BCUT2D eigenvalue weighted by Gasteiger charge is 2.18. The van der Waals surface area contributed by atoms with Gasteiger partial charge in [-0.05, 0) is 37.8 Å². The molecule has 114 valence electrons. The molecule has 1 saturated carbocycles. The summed E-state index contributed by atoms with van der Waals surface area (Å²) in [5, 5.41) is 0. The lowest BCUT2D eigenvalue weighted by atomic mass is 9.86. The molecule has 0 saturated heterocycles. The van der Waals surface area contributed by atoms with Gasteiger partial charge in [0.2, 0.25) is 0 Å². The quantitative estimate of drug-likeness (QED) is 0.544. The average molecular weight is 290 g/mol. The minimum absolute atomic E-state index is 0.0582. The van der Waals surface area contributed by atoms with Gasteiger partial charge in [0.15, 0.2) is 5.78 Å². The van der Waals surface area contributed by atoms with Crippen LogP contribution in [-0.2, 0) is 9.53 Å². The van der Waals surface area contributed by atoms with Crippen LogP contribution in [0, 0.1) is 5.92 Å². The summed E-state index contributed by atoms with van der Waals surface area (Å²) in [6, 6.07) is 7.18. The Balaban J connectivity index is 1.83. The predicted octanol–water partition coefficient (Wildman–Crippen LogP) is 3.39. The summed E-state index contributed by atoms with van der Waals surface area (Å²) in [5.74, 6) is 0.998. The normalized spacial score (nSPS) is 14.3. The fourth-order valence-electron chi connectivity index (χ4n) is 2.23. The molecule has 0 aliphatic heterocycles. The molecule has 4 nitrogen and oxygen atoms in total. The van der Waals surface area contributed by atoms with Crippen LogP contribution in [0.4, 0.5) is 0 Å². The number of hydrogen-bond donors (Lipinski definition) is 0. The van der Waals surface area contributed by atoms with Crippen LogP contribution in [-0.4, -0.2) is 25.0 Å². The molecule has 0 amide bonds. The molecule has 0 aromatic heterocycles. The van der Waals surface area contributed by atoms with Crippen LogP contribution in [0.1, 0.15) is 49.4 Å². The third-order valence-corrected chi connectivity index (χ3v) is 3.73. The maximum Gasteiger partial charge on any atom is 0.306 e. The van der Waals surface area contributed by atoms with Crippen LogP contribution >= 0.6 is 0 Å². The second-order valence-corrected chi connectivity index (χ2v) is 5.36. The Morgan fingerprint density at radius 2 is 2.05 bits per heavy atom. The van der Waals surface area contributed by atoms with Crippen molar-refractivity contribution in [2.24, 2.45) is 5.92 Å². The fraction of sp³-hybridized carbons (Fsp3) is 0.529. The van der Waals surface area contributed by atoms with Gasteiger partial charge in [-0.25, -0.2) is 0 Å². The van der Waals surface area contributed by atoms with E-state index in [1.54, 1.807) is 19.1 Å². The summed E-state index contributed by atoms with van der Waals surface area (Å²) in [7, 11) is 0. The van der Waals surface area contributed by atoms with Gasteiger partial charge in [0.1, 0.15) is 5.75 Å². The van der Waals surface area contributed by atoms with Gasteiger partial charge in [-0.15, -0.1) is 0 Å². The number of esters is 1. The van der Waals surface area contributed by atoms with Crippen molar-refractivity contribution >= 4 is 11.8 Å². The summed E-state index contributed by atoms with van der Waals surface area (Å²) >= 11 is 0. The number of Topliss-reactive ketones (excluding diaryl/α,β-unsaturated/α-hetero) is 1. The number of rotatable bonds is 8. The van der Waals surface area contributed by atoms with E-state index in [1.807, 2.05) is 12.1 Å². The molecule has 0 spiro atoms. The third-order valence-electron chi connectivity index (χ3n) is 3.73. The van der Waals surface area contributed by atoms with Gasteiger partial charge in [-0.1, -0.05) is 18.6 Å². The molecule has 0 atom stereocenters. The van der Waals surface area contributed by atoms with Crippen LogP contribution in [0.25, 0.3) is 0 Å². The van der Waals surface area contributed by atoms with Crippen molar-refractivity contribution in [2.75, 3.05) is 13.2 Å². The molecule has 0 N–H and O–H groups in total. The first kappa shape index (κ1) is 15.5. The smallest absolute Gasteiger partial charge is 0.306 e. The number of ether oxygens (including phenoxy) is 2. The monoisotopic (exact) mass is 290 g/mol. The Labute approximate surface area is 125 Å². The van der Waals surface area contributed by atoms with E-state index in [4.69, 9.17) is 9.47 Å². The van der Waals surface area contributed by atoms with Crippen LogP contribution in [0.15, 0.2) is 24.3 Å². The summed E-state index contributed by atoms with van der Waals surface area (Å²) in [6.45, 7) is 2.82. The Bertz CT molecular complexity index is 491. The average Bonchev–Trinajstić information content (AvgIpc) is 2.44. The van der Waals surface area contributed by atoms with Crippen molar-refractivity contribution in [2.45, 2.75) is 39.0 Å². The zero-order valence-electron chi connectivity index (χ0n) is 12.5. The number of carbonyl (C=O) groups excluding carboxylic acids is 2. The van der Waals surface area contributed by atoms with E-state index in [2.05, 4.69) is 0 Å². The highest BCUT2D eigenvalue weighted by Crippen LogP contribution is 2.27. The van der Waals surface area contributed by atoms with E-state index in [1.165, 1.54) is 19.3 Å². The topological polar surface area (TPSA) is 52.6 Å². The first-order valence-corrected chi connectivity index (χ1v) is 7.60. The lowest BCUT2D eigenvalue weighted by Crippen LogP contribution is -2.19. The number of hydrogen-bond acceptors (Lipinski definition) is 4. The van der Waals surface area contributed by atoms with Crippen molar-refractivity contribution in [3.63, 3.8) is 0 Å². The minimum atomic E-state index is -0.330. The van der Waals surface area contributed by atoms with Crippen LogP contribution < -0.4 is 4.74 Å². The predicted molar refractivity (Wildman–Crippen MR) is 79.5 cm³/mol. The molecule has 4 heteroatoms. The van der Waals surface area contributed by atoms with Crippen LogP contribution in [0.3, 0.4) is 0 Å². The molecule has 1 aliphatic carbocycles. The van der Waals surface area contributed by atoms with E-state index in [0.717, 1.165) is 12.4 Å². The molecule has 2 rings (SSSR count). The molecular formula is C17H22O4. The Kier molecular flexibility index (Phi) is 5.78. The number of carbonyl (C=O) groups is 2. The van der Waals surface area contributed by atoms with Gasteiger partial charge in [-0.3, -0.25) is 9.59 Å². The van der Waals surface area contributed by atoms with E-state index in [0.29, 0.717) is 18.1 Å². The number of ketones is 1. The molecule has 0 heterocycles. The molecule has 0 unspecified atom stereocenters. The number of benzene rings is 1. The standard InChI is InChI=1S/C17H22O4/c1-2-20-17(19)10-9-16(18)14-7-4-8-15(11-14)21-12-13-5-3-6-13/h4,7-8,11,13H,2-3,5-6,9-10,12H2,1H3. The summed E-state index contributed by atoms with van der Waals surface area (Å²) in [4.78, 5) is 23.3. The third kappa shape index (κ3) is 4.88. The van der Waals surface area contributed by atoms with Crippen molar-refractivity contribution in [1.29, 1.82) is 0 Å². The highest BCUT2D eigenvalue weighted by atomic mass is 16.5. The summed E-state index contributed by atoms with van der Waals surface area (Å²) in [6.07, 6.45) is 4.06. The van der Waals surface area contributed by atoms with E-state index in [9.17, 15) is 9.59 Å². The molecular weight excluding hydrogens is 268 g/mol. The lowest BCUT2D eigenvalue weighted by molar-refractivity contribution is -0.143. The second kappa shape index (κ2) is 7.81. The van der Waals surface area contributed by atoms with E-state index >= 15 is 0 Å². The second-order valence-electron chi connectivity index (χ2n) is 5.36. The maximum atomic E-state index is 12.0. The first-order chi connectivity index (χ1) is 10.2. The maximum absolute atomic E-state index is 12.0. The Morgan fingerprint density at radius 1 is 1.24 bits per heavy atom. The SMILES string of the molecule is CCOC(=O)CCC(=O)c1cccc(OCC2CCC2)c1. The molecule has 1 aromatic rings. The van der Waals surface area contributed by atoms with E-state index < -0.39 is 0 Å². The Morgan fingerprint density at radius 3 is 2.71 bits per heavy atom. The molecule has 0 radical (unpaired) electrons. The van der Waals surface area contributed by atoms with Crippen molar-refractivity contribution in [3.05, 3.63) is 29.8 Å². The van der Waals surface area contributed by atoms with Crippen molar-refractivity contribution in [1.82, 2.24) is 0 Å². The molecule has 1 aromatic carbocycles. The fourth-order valence-corrected chi connectivity index (χ4v) is 2.23. The summed E-state index contributed by atoms with van der Waals surface area (Å²) < 4.78 is 10.5. The van der Waals surface area contributed by atoms with Gasteiger partial charge in [0, 0.05) is 12.0 Å². The molecule has 0 bridgehead atoms. The van der Waals surface area contributed by atoms with Crippen molar-refractivity contribution in [3.8, 4) is 5.75 Å². The largest absolute Gasteiger partial charge is 0.493 e. The van der Waals surface area contributed by atoms with Crippen LogP contribution in [0.2, 0.25) is 0 Å². The van der Waals surface area contributed by atoms with Crippen LogP contribution in [0.5, 0.6) is 5.75 Å². The van der Waals surface area contributed by atoms with Gasteiger partial charge in [-0.2, -0.15) is 0 Å². The van der Waals surface area contributed by atoms with Crippen molar-refractivity contribution < 1.29 is 19.1 Å². The zero-order valence-corrected chi connectivity index (χ0v) is 12.5. The Hall–Kier alpha value is -1.84. The van der Waals surface area contributed by atoms with Gasteiger partial charge >= 0.3 is 5.97 Å². The van der Waals surface area contributed by atoms with Gasteiger partial charge < -0.3 is 9.47 Å². The van der Waals surface area contributed by atoms with E-state index in [-0.39, 0.29) is 24.6 Å². The summed E-state index contributed by atoms with van der Waals surface area (Å²) in [5.41, 5.74) is 0.588. The molecule has 21 heavy (non-hydrogen) atoms. The first-order valence-electron chi connectivity index (χ1n) is 7.60. The minimum Gasteiger partial charge on any atom is -0.493 e. The molecule has 1 fully saturated rings. The molecule has 1 aliphatic rings. The van der Waals surface area contributed by atoms with Gasteiger partial charge in [0.05, 0.1) is 19.6 Å². The zero-order chi connectivity index (χ0) is 15.1.